The number of quaternary nitrogens is 2. The molecule has 1 aliphatic carbocycles. The molecule has 2 unspecified atom stereocenters. The van der Waals surface area contributed by atoms with E-state index in [1.54, 1.807) is 0 Å². The minimum atomic E-state index is -0.611. The van der Waals surface area contributed by atoms with E-state index in [2.05, 4.69) is 188 Å². The highest BCUT2D eigenvalue weighted by molar-refractivity contribution is 4.78. The maximum atomic E-state index is 9.20. The summed E-state index contributed by atoms with van der Waals surface area (Å²) in [5, 5.41) is 18.3. The fraction of sp³-hybridized carbons (Fsp3) is 1.00. The molecule has 0 amide bonds. The third-order valence-electron chi connectivity index (χ3n) is 16.4. The predicted octanol–water partition coefficient (Wildman–Crippen LogP) is -10.9. The number of unbranched alkanes of at least 4 members (excludes halogenated alkanes) is 7. The maximum Gasteiger partial charge on any atom is 0.0925 e. The molecule has 1 aliphatic heterocycles. The summed E-state index contributed by atoms with van der Waals surface area (Å²) in [4.78, 5) is 18.5. The van der Waals surface area contributed by atoms with Gasteiger partial charge in [-0.2, -0.15) is 0 Å². The summed E-state index contributed by atoms with van der Waals surface area (Å²) in [5.74, 6) is 0. The predicted molar refractivity (Wildman–Crippen MR) is 365 cm³/mol. The first kappa shape index (κ1) is 123. The van der Waals surface area contributed by atoms with Crippen LogP contribution < -0.4 is 99.3 Å². The number of likely N-dealkylation sites (N-methyl/N-ethyl adjacent to an activating group) is 3. The second kappa shape index (κ2) is 90.9. The van der Waals surface area contributed by atoms with Crippen LogP contribution in [0.3, 0.4) is 0 Å². The molecule has 0 spiro atoms. The number of hydrogen-bond acceptors (Lipinski definition) is 10. The second-order valence-corrected chi connectivity index (χ2v) is 25.2. The van der Waals surface area contributed by atoms with Gasteiger partial charge < -0.3 is 153 Å². The lowest BCUT2D eigenvalue weighted by Gasteiger charge is -2.36. The highest BCUT2D eigenvalue weighted by Crippen LogP contribution is 2.25. The molecule has 0 aromatic heterocycles. The van der Waals surface area contributed by atoms with Crippen LogP contribution in [0.1, 0.15) is 225 Å². The summed E-state index contributed by atoms with van der Waals surface area (Å²) in [6.45, 7) is 52.0. The first-order valence-corrected chi connectivity index (χ1v) is 34.3. The lowest BCUT2D eigenvalue weighted by Crippen LogP contribution is -3.00. The van der Waals surface area contributed by atoms with Crippen LogP contribution in [0.25, 0.3) is 0 Å². The number of aliphatic hydroxyl groups is 2. The van der Waals surface area contributed by atoms with Gasteiger partial charge in [-0.15, -0.1) is 0 Å². The quantitative estimate of drug-likeness (QED) is 0.0474. The lowest BCUT2D eigenvalue weighted by atomic mass is 9.93. The summed E-state index contributed by atoms with van der Waals surface area (Å²) in [6.07, 6.45) is 27.5. The van der Waals surface area contributed by atoms with Crippen LogP contribution in [0.2, 0.25) is 0 Å². The highest BCUT2D eigenvalue weighted by atomic mass is 35.5. The largest absolute Gasteiger partial charge is 1.00 e. The molecule has 2 atom stereocenters. The van der Waals surface area contributed by atoms with E-state index >= 15 is 0 Å². The molecule has 0 bridgehead atoms. The van der Waals surface area contributed by atoms with Crippen molar-refractivity contribution in [2.75, 3.05) is 209 Å². The van der Waals surface area contributed by atoms with Crippen molar-refractivity contribution in [1.29, 1.82) is 0 Å². The molecule has 2 rings (SSSR count). The molecule has 2 aliphatic rings. The van der Waals surface area contributed by atoms with E-state index in [1.807, 2.05) is 25.9 Å². The van der Waals surface area contributed by atoms with Gasteiger partial charge in [-0.1, -0.05) is 133 Å². The molecule has 2 fully saturated rings. The van der Waals surface area contributed by atoms with E-state index in [9.17, 15) is 5.11 Å². The smallest absolute Gasteiger partial charge is 0.0925 e. The number of halogens is 8. The van der Waals surface area contributed by atoms with Gasteiger partial charge >= 0.3 is 0 Å². The molecule has 12 nitrogen and oxygen atoms in total. The van der Waals surface area contributed by atoms with E-state index in [0.717, 1.165) is 6.04 Å². The fourth-order valence-corrected chi connectivity index (χ4v) is 9.35. The SMILES string of the molecule is C1CCC(N2CCCCC2)CC1.CCC(O)C(O)CN(C)C.CCCCCCCN(C)C.CCCCCN(C)C.CCCCN(C)C.CCCN(C)C.CCN(CC)CCC[N+](C)(CC)CC.CCN(CC)CC[N+](C)(CC)CC.[Cl-].[Cl-].[Cl-].[Cl-].[Cl-].[Cl-].[Cl-].[Cl-]. The van der Waals surface area contributed by atoms with Crippen LogP contribution in [0.5, 0.6) is 0 Å². The molecule has 556 valence electrons. The Hall–Kier alpha value is 1.84. The zero-order valence-corrected chi connectivity index (χ0v) is 69.5. The summed E-state index contributed by atoms with van der Waals surface area (Å²) in [6, 6.07) is 0.971. The van der Waals surface area contributed by atoms with Gasteiger partial charge in [0.2, 0.25) is 0 Å². The van der Waals surface area contributed by atoms with Gasteiger partial charge in [0.25, 0.3) is 0 Å². The minimum absolute atomic E-state index is 0. The third-order valence-corrected chi connectivity index (χ3v) is 16.4. The molecule has 2 N–H and O–H groups in total. The Labute approximate surface area is 605 Å². The van der Waals surface area contributed by atoms with E-state index in [4.69, 9.17) is 5.11 Å². The molecular formula is C68H160Cl8N10O2-6. The minimum Gasteiger partial charge on any atom is -1.00 e. The van der Waals surface area contributed by atoms with Crippen molar-refractivity contribution in [1.82, 2.24) is 39.2 Å². The van der Waals surface area contributed by atoms with Crippen LogP contribution in [0, 0.1) is 0 Å². The Morgan fingerprint density at radius 1 is 0.352 bits per heavy atom. The molecule has 0 aromatic carbocycles. The second-order valence-electron chi connectivity index (χ2n) is 25.2. The highest BCUT2D eigenvalue weighted by Gasteiger charge is 2.22. The summed E-state index contributed by atoms with van der Waals surface area (Å²) in [7, 11) is 25.4. The molecule has 1 saturated carbocycles. The first-order valence-electron chi connectivity index (χ1n) is 34.3. The molecule has 20 heteroatoms. The van der Waals surface area contributed by atoms with Crippen LogP contribution in [0.15, 0.2) is 0 Å². The van der Waals surface area contributed by atoms with Crippen molar-refractivity contribution in [3.05, 3.63) is 0 Å². The standard InChI is InChI=1S/C12H29N2.C11H27N2.C11H21N.C9H21N.C7H17NO2.C7H17N.C6H15N.C5H13N.8ClH/c1-6-13(7-2)11-10-12-14(5,8-3)9-4;1-6-12(7-2)10-11-13(5,8-3)9-4;1-3-7-11(8-4-1)12-9-5-2-6-10-12;1-4-5-6-7-8-9-10(2)3;1-4-6(9)7(10)5-8(2)3;1-4-5-6-7-8(2)3;1-4-5-6-7(2)3;1-4-5-6(2)3;;;;;;;;/h6-12H2,1-5H3;6-11H2,1-5H3;11H,1-10H2;4-9H2,1-3H3;6-7,9-10H,4-5H2,1-3H3;4-7H2,1-3H3;4-6H2,1-3H3;4-5H2,1-3H3;8*1H/q2*+1;;;;;;;;;;;;;;/p-8. The van der Waals surface area contributed by atoms with Crippen LogP contribution in [0.4, 0.5) is 0 Å². The van der Waals surface area contributed by atoms with Crippen molar-refractivity contribution in [3.63, 3.8) is 0 Å². The number of nitrogens with zero attached hydrogens (tertiary/aromatic N) is 10. The Balaban J connectivity index is -0.0000000592. The van der Waals surface area contributed by atoms with Crippen LogP contribution in [-0.2, 0) is 0 Å². The van der Waals surface area contributed by atoms with E-state index in [-0.39, 0.29) is 99.3 Å². The normalized spacial score (nSPS) is 13.4. The van der Waals surface area contributed by atoms with Crippen molar-refractivity contribution in [2.24, 2.45) is 0 Å². The number of hydrogen-bond donors (Lipinski definition) is 2. The number of likely N-dealkylation sites (tertiary alicyclic amines) is 1. The van der Waals surface area contributed by atoms with Crippen molar-refractivity contribution >= 4 is 0 Å². The van der Waals surface area contributed by atoms with Gasteiger partial charge in [-0.05, 0) is 221 Å². The monoisotopic (exact) mass is 1430 g/mol. The molecule has 0 aromatic rings. The summed E-state index contributed by atoms with van der Waals surface area (Å²) in [5.41, 5.74) is 0. The number of aliphatic hydroxyl groups excluding tert-OH is 2. The third kappa shape index (κ3) is 94.2. The van der Waals surface area contributed by atoms with Crippen molar-refractivity contribution < 1.29 is 118 Å². The molecule has 88 heavy (non-hydrogen) atoms. The average molecular weight is 1430 g/mol. The van der Waals surface area contributed by atoms with Crippen LogP contribution in [-0.4, -0.2) is 286 Å². The van der Waals surface area contributed by atoms with Crippen LogP contribution >= 0.6 is 0 Å². The van der Waals surface area contributed by atoms with E-state index < -0.39 is 12.2 Å². The van der Waals surface area contributed by atoms with Gasteiger partial charge in [0.1, 0.15) is 0 Å². The Morgan fingerprint density at radius 2 is 0.693 bits per heavy atom. The van der Waals surface area contributed by atoms with Gasteiger partial charge in [0.05, 0.1) is 65.6 Å². The zero-order valence-electron chi connectivity index (χ0n) is 63.4. The Bertz CT molecular complexity index is 1130. The van der Waals surface area contributed by atoms with Gasteiger partial charge in [-0.25, -0.2) is 0 Å². The van der Waals surface area contributed by atoms with Gasteiger partial charge in [0, 0.05) is 32.1 Å². The van der Waals surface area contributed by atoms with Gasteiger partial charge in [-0.3, -0.25) is 4.90 Å². The van der Waals surface area contributed by atoms with E-state index in [1.165, 1.54) is 255 Å². The maximum absolute atomic E-state index is 9.20. The number of rotatable bonds is 35. The zero-order chi connectivity index (χ0) is 62.6. The van der Waals surface area contributed by atoms with Gasteiger partial charge in [0.15, 0.2) is 0 Å². The molecule has 1 heterocycles. The molecule has 1 saturated heterocycles. The topological polar surface area (TPSA) is 66.4 Å². The summed E-state index contributed by atoms with van der Waals surface area (Å²) >= 11 is 0. The Morgan fingerprint density at radius 3 is 1.01 bits per heavy atom. The average Bonchev–Trinajstić information content (AvgIpc) is 3.44. The molecular weight excluding hydrogens is 1270 g/mol. The van der Waals surface area contributed by atoms with E-state index in [0.29, 0.717) is 13.0 Å². The fourth-order valence-electron chi connectivity index (χ4n) is 9.35. The number of piperidine rings is 1. The Kier molecular flexibility index (Phi) is 127. The van der Waals surface area contributed by atoms with Crippen molar-refractivity contribution in [2.45, 2.75) is 243 Å². The molecule has 0 radical (unpaired) electrons. The summed E-state index contributed by atoms with van der Waals surface area (Å²) < 4.78 is 2.43. The lowest BCUT2D eigenvalue weighted by molar-refractivity contribution is -0.906. The van der Waals surface area contributed by atoms with Crippen molar-refractivity contribution in [3.8, 4) is 0 Å². The first-order chi connectivity index (χ1) is 37.8.